The first-order chi connectivity index (χ1) is 18.6. The minimum Gasteiger partial charge on any atom is -0.460 e. The summed E-state index contributed by atoms with van der Waals surface area (Å²) in [7, 11) is 0. The van der Waals surface area contributed by atoms with Crippen molar-refractivity contribution in [3.05, 3.63) is 108 Å². The Morgan fingerprint density at radius 3 is 1.47 bits per heavy atom. The molecular formula is C31H35NO6. The van der Waals surface area contributed by atoms with Crippen molar-refractivity contribution in [3.63, 3.8) is 0 Å². The van der Waals surface area contributed by atoms with Crippen LogP contribution in [0.2, 0.25) is 0 Å². The zero-order valence-electron chi connectivity index (χ0n) is 21.7. The van der Waals surface area contributed by atoms with E-state index in [9.17, 15) is 14.4 Å². The van der Waals surface area contributed by atoms with Crippen LogP contribution in [0.15, 0.2) is 91.0 Å². The summed E-state index contributed by atoms with van der Waals surface area (Å²) in [6.45, 7) is 2.12. The highest BCUT2D eigenvalue weighted by atomic mass is 16.6. The molecule has 0 saturated heterocycles. The van der Waals surface area contributed by atoms with Crippen molar-refractivity contribution in [3.8, 4) is 0 Å². The van der Waals surface area contributed by atoms with Crippen LogP contribution in [0.3, 0.4) is 0 Å². The predicted molar refractivity (Wildman–Crippen MR) is 144 cm³/mol. The maximum absolute atomic E-state index is 13.3. The highest BCUT2D eigenvalue weighted by Gasteiger charge is 2.39. The lowest BCUT2D eigenvalue weighted by atomic mass is 9.94. The Balaban J connectivity index is 1.74. The lowest BCUT2D eigenvalue weighted by Gasteiger charge is -2.25. The fraction of sp³-hybridized carbons (Fsp3) is 0.323. The van der Waals surface area contributed by atoms with Crippen LogP contribution >= 0.6 is 0 Å². The quantitative estimate of drug-likeness (QED) is 0.123. The van der Waals surface area contributed by atoms with E-state index in [4.69, 9.17) is 14.2 Å². The first-order valence-corrected chi connectivity index (χ1v) is 12.9. The number of carbonyl (C=O) groups excluding carboxylic acids is 3. The summed E-state index contributed by atoms with van der Waals surface area (Å²) >= 11 is 0. The van der Waals surface area contributed by atoms with Crippen molar-refractivity contribution >= 4 is 18.0 Å². The van der Waals surface area contributed by atoms with Crippen LogP contribution in [0.5, 0.6) is 0 Å². The molecular weight excluding hydrogens is 482 g/mol. The number of hydrogen-bond acceptors (Lipinski definition) is 6. The van der Waals surface area contributed by atoms with Gasteiger partial charge in [-0.2, -0.15) is 0 Å². The van der Waals surface area contributed by atoms with Gasteiger partial charge >= 0.3 is 18.0 Å². The standard InChI is InChI=1S/C31H35NO6/c1-2-3-7-20-27(32-31(35)38-23-26-18-12-6-13-19-26)28(29(33)36-21-24-14-8-4-9-15-24)30(34)37-22-25-16-10-5-11-17-25/h4-6,8-19,27-28H,2-3,7,20-23H2,1H3,(H,32,35). The minimum absolute atomic E-state index is 0.00225. The largest absolute Gasteiger partial charge is 0.460 e. The Labute approximate surface area is 224 Å². The van der Waals surface area contributed by atoms with E-state index < -0.39 is 30.0 Å². The van der Waals surface area contributed by atoms with Gasteiger partial charge < -0.3 is 19.5 Å². The van der Waals surface area contributed by atoms with Crippen molar-refractivity contribution in [2.75, 3.05) is 0 Å². The third kappa shape index (κ3) is 9.73. The van der Waals surface area contributed by atoms with Gasteiger partial charge in [0.15, 0.2) is 5.92 Å². The van der Waals surface area contributed by atoms with Gasteiger partial charge in [0.25, 0.3) is 0 Å². The number of carbonyl (C=O) groups is 3. The molecule has 0 heterocycles. The summed E-state index contributed by atoms with van der Waals surface area (Å²) in [5.41, 5.74) is 2.40. The summed E-state index contributed by atoms with van der Waals surface area (Å²) in [6, 6.07) is 26.8. The summed E-state index contributed by atoms with van der Waals surface area (Å²) in [6.07, 6.45) is 2.19. The number of alkyl carbamates (subject to hydrolysis) is 1. The van der Waals surface area contributed by atoms with E-state index in [-0.39, 0.29) is 19.8 Å². The molecule has 0 aliphatic heterocycles. The van der Waals surface area contributed by atoms with Gasteiger partial charge in [0.05, 0.1) is 6.04 Å². The average molecular weight is 518 g/mol. The molecule has 1 atom stereocenters. The molecule has 1 unspecified atom stereocenters. The molecule has 0 spiro atoms. The van der Waals surface area contributed by atoms with Gasteiger partial charge in [-0.05, 0) is 23.1 Å². The second kappa shape index (κ2) is 15.9. The van der Waals surface area contributed by atoms with Gasteiger partial charge in [-0.25, -0.2) is 4.79 Å². The number of amides is 1. The molecule has 38 heavy (non-hydrogen) atoms. The molecule has 1 amide bonds. The summed E-state index contributed by atoms with van der Waals surface area (Å²) in [4.78, 5) is 39.3. The molecule has 1 N–H and O–H groups in total. The molecule has 3 rings (SSSR count). The zero-order chi connectivity index (χ0) is 27.0. The van der Waals surface area contributed by atoms with Gasteiger partial charge in [-0.3, -0.25) is 9.59 Å². The van der Waals surface area contributed by atoms with Gasteiger partial charge in [0, 0.05) is 0 Å². The summed E-state index contributed by atoms with van der Waals surface area (Å²) < 4.78 is 16.4. The van der Waals surface area contributed by atoms with E-state index in [0.29, 0.717) is 12.8 Å². The SMILES string of the molecule is CCCCCC(NC(=O)OCc1ccccc1)C(C(=O)OCc1ccccc1)C(=O)OCc1ccccc1. The van der Waals surface area contributed by atoms with Crippen molar-refractivity contribution in [2.24, 2.45) is 5.92 Å². The number of rotatable bonds is 14. The maximum atomic E-state index is 13.3. The number of ether oxygens (including phenoxy) is 3. The number of unbranched alkanes of at least 4 members (excludes halogenated alkanes) is 2. The smallest absolute Gasteiger partial charge is 0.407 e. The third-order valence-corrected chi connectivity index (χ3v) is 5.99. The maximum Gasteiger partial charge on any atom is 0.407 e. The van der Waals surface area contributed by atoms with E-state index in [1.54, 1.807) is 0 Å². The Kier molecular flexibility index (Phi) is 11.9. The van der Waals surface area contributed by atoms with Gasteiger partial charge in [0.1, 0.15) is 19.8 Å². The lowest BCUT2D eigenvalue weighted by Crippen LogP contribution is -2.48. The van der Waals surface area contributed by atoms with Crippen LogP contribution in [-0.4, -0.2) is 24.1 Å². The van der Waals surface area contributed by atoms with Crippen LogP contribution in [0.25, 0.3) is 0 Å². The molecule has 3 aromatic carbocycles. The Morgan fingerprint density at radius 1 is 0.632 bits per heavy atom. The van der Waals surface area contributed by atoms with Crippen molar-refractivity contribution in [1.82, 2.24) is 5.32 Å². The molecule has 0 bridgehead atoms. The highest BCUT2D eigenvalue weighted by molar-refractivity contribution is 5.96. The van der Waals surface area contributed by atoms with E-state index in [1.165, 1.54) is 0 Å². The van der Waals surface area contributed by atoms with Gasteiger partial charge in [-0.1, -0.05) is 117 Å². The van der Waals surface area contributed by atoms with E-state index in [2.05, 4.69) is 12.2 Å². The molecule has 0 aliphatic rings. The van der Waals surface area contributed by atoms with E-state index in [0.717, 1.165) is 29.5 Å². The first kappa shape index (κ1) is 28.4. The van der Waals surface area contributed by atoms with Crippen LogP contribution in [0, 0.1) is 5.92 Å². The third-order valence-electron chi connectivity index (χ3n) is 5.99. The molecule has 3 aromatic rings. The second-order valence-electron chi connectivity index (χ2n) is 8.97. The fourth-order valence-electron chi connectivity index (χ4n) is 3.91. The molecule has 200 valence electrons. The molecule has 7 heteroatoms. The molecule has 0 radical (unpaired) electrons. The fourth-order valence-corrected chi connectivity index (χ4v) is 3.91. The Bertz CT molecular complexity index is 1070. The van der Waals surface area contributed by atoms with E-state index in [1.807, 2.05) is 91.0 Å². The minimum atomic E-state index is -1.34. The topological polar surface area (TPSA) is 90.9 Å². The Hall–Kier alpha value is -4.13. The van der Waals surface area contributed by atoms with Gasteiger partial charge in [-0.15, -0.1) is 0 Å². The lowest BCUT2D eigenvalue weighted by molar-refractivity contribution is -0.165. The number of benzene rings is 3. The van der Waals surface area contributed by atoms with Crippen LogP contribution in [-0.2, 0) is 43.6 Å². The molecule has 0 saturated carbocycles. The molecule has 0 aromatic heterocycles. The summed E-state index contributed by atoms with van der Waals surface area (Å²) in [5, 5.41) is 2.74. The predicted octanol–water partition coefficient (Wildman–Crippen LogP) is 5.96. The van der Waals surface area contributed by atoms with Crippen molar-refractivity contribution in [1.29, 1.82) is 0 Å². The number of nitrogens with one attached hydrogen (secondary N) is 1. The summed E-state index contributed by atoms with van der Waals surface area (Å²) in [5.74, 6) is -2.85. The van der Waals surface area contributed by atoms with Crippen molar-refractivity contribution in [2.45, 2.75) is 58.5 Å². The highest BCUT2D eigenvalue weighted by Crippen LogP contribution is 2.19. The number of esters is 2. The van der Waals surface area contributed by atoms with Crippen LogP contribution < -0.4 is 5.32 Å². The average Bonchev–Trinajstić information content (AvgIpc) is 2.95. The monoisotopic (exact) mass is 517 g/mol. The Morgan fingerprint density at radius 2 is 1.05 bits per heavy atom. The normalized spacial score (nSPS) is 11.4. The molecule has 0 fully saturated rings. The zero-order valence-corrected chi connectivity index (χ0v) is 21.7. The van der Waals surface area contributed by atoms with Crippen LogP contribution in [0.4, 0.5) is 4.79 Å². The van der Waals surface area contributed by atoms with Gasteiger partial charge in [0.2, 0.25) is 0 Å². The van der Waals surface area contributed by atoms with Crippen molar-refractivity contribution < 1.29 is 28.6 Å². The number of hydrogen-bond donors (Lipinski definition) is 1. The molecule has 7 nitrogen and oxygen atoms in total. The van der Waals surface area contributed by atoms with E-state index >= 15 is 0 Å². The second-order valence-corrected chi connectivity index (χ2v) is 8.97. The van der Waals surface area contributed by atoms with Crippen LogP contribution in [0.1, 0.15) is 49.3 Å². The molecule has 0 aliphatic carbocycles. The first-order valence-electron chi connectivity index (χ1n) is 12.9.